The second-order valence-corrected chi connectivity index (χ2v) is 6.86. The molecule has 1 amide bonds. The predicted molar refractivity (Wildman–Crippen MR) is 99.9 cm³/mol. The Hall–Kier alpha value is -2.62. The summed E-state index contributed by atoms with van der Waals surface area (Å²) in [7, 11) is 0. The number of imidazole rings is 1. The molecule has 1 aliphatic heterocycles. The molecule has 0 saturated heterocycles. The number of aryl methyl sites for hydroxylation is 2. The van der Waals surface area contributed by atoms with E-state index in [1.54, 1.807) is 0 Å². The molecule has 0 bridgehead atoms. The minimum atomic E-state index is -0.0318. The second-order valence-electron chi connectivity index (χ2n) is 6.86. The van der Waals surface area contributed by atoms with Crippen molar-refractivity contribution in [3.05, 3.63) is 65.5 Å². The van der Waals surface area contributed by atoms with Gasteiger partial charge in [0.2, 0.25) is 0 Å². The van der Waals surface area contributed by atoms with E-state index in [0.717, 1.165) is 29.8 Å². The van der Waals surface area contributed by atoms with E-state index >= 15 is 0 Å². The fourth-order valence-electron chi connectivity index (χ4n) is 3.56. The number of benzene rings is 2. The van der Waals surface area contributed by atoms with Gasteiger partial charge in [-0.3, -0.25) is 4.79 Å². The van der Waals surface area contributed by atoms with Gasteiger partial charge in [0.1, 0.15) is 5.82 Å². The first kappa shape index (κ1) is 15.9. The minimum absolute atomic E-state index is 0.0318. The quantitative estimate of drug-likeness (QED) is 0.787. The third kappa shape index (κ3) is 3.16. The third-order valence-electron chi connectivity index (χ3n) is 5.06. The first-order valence-corrected chi connectivity index (χ1v) is 9.04. The fourth-order valence-corrected chi connectivity index (χ4v) is 3.56. The maximum Gasteiger partial charge on any atom is 0.251 e. The van der Waals surface area contributed by atoms with E-state index in [0.29, 0.717) is 12.1 Å². The summed E-state index contributed by atoms with van der Waals surface area (Å²) < 4.78 is 2.29. The molecule has 0 fully saturated rings. The Morgan fingerprint density at radius 3 is 2.88 bits per heavy atom. The second kappa shape index (κ2) is 6.71. The zero-order chi connectivity index (χ0) is 17.2. The van der Waals surface area contributed by atoms with Gasteiger partial charge in [0.25, 0.3) is 5.91 Å². The molecule has 0 saturated carbocycles. The van der Waals surface area contributed by atoms with Crippen LogP contribution in [0.5, 0.6) is 0 Å². The van der Waals surface area contributed by atoms with E-state index in [1.165, 1.54) is 18.4 Å². The van der Waals surface area contributed by atoms with Crippen LogP contribution in [0.2, 0.25) is 0 Å². The highest BCUT2D eigenvalue weighted by molar-refractivity contribution is 5.97. The molecule has 1 atom stereocenters. The maximum absolute atomic E-state index is 12.5. The van der Waals surface area contributed by atoms with Gasteiger partial charge in [-0.05, 0) is 42.5 Å². The lowest BCUT2D eigenvalue weighted by Gasteiger charge is -2.14. The molecule has 1 N–H and O–H groups in total. The van der Waals surface area contributed by atoms with Crippen molar-refractivity contribution in [1.29, 1.82) is 0 Å². The molecule has 3 aromatic rings. The number of hydrogen-bond donors (Lipinski definition) is 1. The highest BCUT2D eigenvalue weighted by Crippen LogP contribution is 2.23. The van der Waals surface area contributed by atoms with Crippen molar-refractivity contribution in [3.63, 3.8) is 0 Å². The summed E-state index contributed by atoms with van der Waals surface area (Å²) in [4.78, 5) is 17.2. The summed E-state index contributed by atoms with van der Waals surface area (Å²) in [5, 5.41) is 3.05. The van der Waals surface area contributed by atoms with E-state index < -0.39 is 0 Å². The Labute approximate surface area is 147 Å². The van der Waals surface area contributed by atoms with E-state index in [1.807, 2.05) is 36.4 Å². The first-order chi connectivity index (χ1) is 12.2. The van der Waals surface area contributed by atoms with Crippen LogP contribution in [0.4, 0.5) is 0 Å². The van der Waals surface area contributed by atoms with Crippen LogP contribution in [0.15, 0.2) is 48.5 Å². The summed E-state index contributed by atoms with van der Waals surface area (Å²) in [6, 6.07) is 16.1. The molecule has 0 aliphatic carbocycles. The van der Waals surface area contributed by atoms with Gasteiger partial charge in [-0.2, -0.15) is 0 Å². The van der Waals surface area contributed by atoms with Crippen LogP contribution in [0.25, 0.3) is 11.0 Å². The summed E-state index contributed by atoms with van der Waals surface area (Å²) in [6.07, 6.45) is 3.44. The molecule has 1 unspecified atom stereocenters. The molecular formula is C21H23N3O. The van der Waals surface area contributed by atoms with Crippen LogP contribution >= 0.6 is 0 Å². The van der Waals surface area contributed by atoms with Crippen molar-refractivity contribution in [1.82, 2.24) is 14.9 Å². The molecule has 1 aromatic heterocycles. The van der Waals surface area contributed by atoms with Gasteiger partial charge < -0.3 is 9.88 Å². The number of hydrogen-bond acceptors (Lipinski definition) is 2. The van der Waals surface area contributed by atoms with Gasteiger partial charge in [-0.1, -0.05) is 37.3 Å². The zero-order valence-electron chi connectivity index (χ0n) is 14.5. The number of amides is 1. The Kier molecular flexibility index (Phi) is 4.26. The van der Waals surface area contributed by atoms with E-state index in [-0.39, 0.29) is 11.8 Å². The van der Waals surface area contributed by atoms with Gasteiger partial charge in [0.15, 0.2) is 0 Å². The number of rotatable bonds is 4. The van der Waals surface area contributed by atoms with Crippen LogP contribution in [-0.4, -0.2) is 22.0 Å². The smallest absolute Gasteiger partial charge is 0.251 e. The number of carbonyl (C=O) groups is 1. The van der Waals surface area contributed by atoms with Crippen molar-refractivity contribution in [2.75, 3.05) is 6.54 Å². The van der Waals surface area contributed by atoms with Gasteiger partial charge in [0, 0.05) is 25.1 Å². The SMILES string of the molecule is CC(CNC(=O)c1ccc2c(c1)nc1n2CCCC1)c1ccccc1. The molecular weight excluding hydrogens is 310 g/mol. The largest absolute Gasteiger partial charge is 0.351 e. The molecule has 1 aliphatic rings. The van der Waals surface area contributed by atoms with Crippen molar-refractivity contribution >= 4 is 16.9 Å². The summed E-state index contributed by atoms with van der Waals surface area (Å²) in [5.74, 6) is 1.40. The molecule has 2 heterocycles. The maximum atomic E-state index is 12.5. The van der Waals surface area contributed by atoms with Crippen molar-refractivity contribution in [3.8, 4) is 0 Å². The molecule has 4 nitrogen and oxygen atoms in total. The van der Waals surface area contributed by atoms with E-state index in [9.17, 15) is 4.79 Å². The summed E-state index contributed by atoms with van der Waals surface area (Å²) in [5.41, 5.74) is 3.99. The molecule has 4 heteroatoms. The predicted octanol–water partition coefficient (Wildman–Crippen LogP) is 3.91. The Morgan fingerprint density at radius 2 is 2.04 bits per heavy atom. The average molecular weight is 333 g/mol. The van der Waals surface area contributed by atoms with Crippen molar-refractivity contribution in [2.24, 2.45) is 0 Å². The molecule has 25 heavy (non-hydrogen) atoms. The van der Waals surface area contributed by atoms with Crippen LogP contribution < -0.4 is 5.32 Å². The standard InChI is InChI=1S/C21H23N3O/c1-15(16-7-3-2-4-8-16)14-22-21(25)17-10-11-19-18(13-17)23-20-9-5-6-12-24(19)20/h2-4,7-8,10-11,13,15H,5-6,9,12,14H2,1H3,(H,22,25). The van der Waals surface area contributed by atoms with Gasteiger partial charge in [-0.25, -0.2) is 4.98 Å². The first-order valence-electron chi connectivity index (χ1n) is 9.04. The average Bonchev–Trinajstić information content (AvgIpc) is 3.04. The molecule has 0 spiro atoms. The van der Waals surface area contributed by atoms with Gasteiger partial charge >= 0.3 is 0 Å². The topological polar surface area (TPSA) is 46.9 Å². The van der Waals surface area contributed by atoms with E-state index in [2.05, 4.69) is 28.9 Å². The van der Waals surface area contributed by atoms with Crippen molar-refractivity contribution in [2.45, 2.75) is 38.6 Å². The molecule has 2 aromatic carbocycles. The van der Waals surface area contributed by atoms with Crippen LogP contribution in [0.1, 0.15) is 47.4 Å². The molecule has 128 valence electrons. The van der Waals surface area contributed by atoms with Crippen molar-refractivity contribution < 1.29 is 4.79 Å². The Morgan fingerprint density at radius 1 is 1.20 bits per heavy atom. The lowest BCUT2D eigenvalue weighted by Crippen LogP contribution is -2.27. The number of carbonyl (C=O) groups excluding carboxylic acids is 1. The monoisotopic (exact) mass is 333 g/mol. The highest BCUT2D eigenvalue weighted by Gasteiger charge is 2.16. The minimum Gasteiger partial charge on any atom is -0.351 e. The molecule has 4 rings (SSSR count). The van der Waals surface area contributed by atoms with Gasteiger partial charge in [0.05, 0.1) is 11.0 Å². The van der Waals surface area contributed by atoms with Crippen LogP contribution in [0.3, 0.4) is 0 Å². The number of nitrogens with zero attached hydrogens (tertiary/aromatic N) is 2. The van der Waals surface area contributed by atoms with Crippen LogP contribution in [0, 0.1) is 0 Å². The van der Waals surface area contributed by atoms with Crippen LogP contribution in [-0.2, 0) is 13.0 Å². The fraction of sp³-hybridized carbons (Fsp3) is 0.333. The highest BCUT2D eigenvalue weighted by atomic mass is 16.1. The van der Waals surface area contributed by atoms with E-state index in [4.69, 9.17) is 4.98 Å². The third-order valence-corrected chi connectivity index (χ3v) is 5.06. The Balaban J connectivity index is 1.48. The number of nitrogens with one attached hydrogen (secondary N) is 1. The molecule has 0 radical (unpaired) electrons. The summed E-state index contributed by atoms with van der Waals surface area (Å²) >= 11 is 0. The Bertz CT molecular complexity index is 898. The lowest BCUT2D eigenvalue weighted by molar-refractivity contribution is 0.0952. The number of aromatic nitrogens is 2. The number of fused-ring (bicyclic) bond motifs is 3. The zero-order valence-corrected chi connectivity index (χ0v) is 14.5. The van der Waals surface area contributed by atoms with Gasteiger partial charge in [-0.15, -0.1) is 0 Å². The normalized spacial score (nSPS) is 14.9. The lowest BCUT2D eigenvalue weighted by atomic mass is 10.0. The summed E-state index contributed by atoms with van der Waals surface area (Å²) in [6.45, 7) is 3.79.